The third-order valence-corrected chi connectivity index (χ3v) is 2.45. The largest absolute Gasteiger partial charge is 0.380 e. The maximum Gasteiger partial charge on any atom is 0.125 e. The standard InChI is InChI=1S/C12H19FN2/c1-12(2,3)11(8-14)15-10-6-4-5-9(13)7-10/h4-7,11,15H,8,14H2,1-3H3. The molecule has 0 saturated carbocycles. The van der Waals surface area contributed by atoms with Crippen LogP contribution in [0.1, 0.15) is 20.8 Å². The average molecular weight is 210 g/mol. The van der Waals surface area contributed by atoms with Gasteiger partial charge in [-0.15, -0.1) is 0 Å². The maximum absolute atomic E-state index is 12.9. The minimum absolute atomic E-state index is 0.0566. The lowest BCUT2D eigenvalue weighted by atomic mass is 9.86. The Bertz CT molecular complexity index is 318. The Morgan fingerprint density at radius 1 is 1.40 bits per heavy atom. The molecule has 0 bridgehead atoms. The summed E-state index contributed by atoms with van der Waals surface area (Å²) in [5.41, 5.74) is 6.52. The SMILES string of the molecule is CC(C)(C)C(CN)Nc1cccc(F)c1. The fourth-order valence-electron chi connectivity index (χ4n) is 1.41. The predicted octanol–water partition coefficient (Wildman–Crippen LogP) is 2.61. The smallest absolute Gasteiger partial charge is 0.125 e. The summed E-state index contributed by atoms with van der Waals surface area (Å²) >= 11 is 0. The molecule has 1 aromatic rings. The topological polar surface area (TPSA) is 38.0 Å². The van der Waals surface area contributed by atoms with Gasteiger partial charge in [-0.3, -0.25) is 0 Å². The van der Waals surface area contributed by atoms with E-state index in [1.54, 1.807) is 6.07 Å². The van der Waals surface area contributed by atoms with E-state index in [0.29, 0.717) is 6.54 Å². The van der Waals surface area contributed by atoms with Crippen molar-refractivity contribution in [3.8, 4) is 0 Å². The monoisotopic (exact) mass is 210 g/mol. The number of nitrogens with two attached hydrogens (primary N) is 1. The van der Waals surface area contributed by atoms with E-state index < -0.39 is 0 Å². The Balaban J connectivity index is 2.76. The van der Waals surface area contributed by atoms with Crippen LogP contribution < -0.4 is 11.1 Å². The molecule has 0 saturated heterocycles. The first-order valence-electron chi connectivity index (χ1n) is 5.15. The second kappa shape index (κ2) is 4.62. The summed E-state index contributed by atoms with van der Waals surface area (Å²) < 4.78 is 12.9. The molecule has 0 radical (unpaired) electrons. The van der Waals surface area contributed by atoms with Crippen molar-refractivity contribution in [3.05, 3.63) is 30.1 Å². The number of anilines is 1. The minimum atomic E-state index is -0.232. The molecule has 0 spiro atoms. The summed E-state index contributed by atoms with van der Waals surface area (Å²) in [7, 11) is 0. The molecule has 0 heterocycles. The lowest BCUT2D eigenvalue weighted by Gasteiger charge is -2.31. The molecule has 1 atom stereocenters. The molecule has 0 aliphatic carbocycles. The van der Waals surface area contributed by atoms with E-state index in [1.807, 2.05) is 6.07 Å². The Morgan fingerprint density at radius 2 is 2.07 bits per heavy atom. The first-order chi connectivity index (χ1) is 6.93. The first-order valence-corrected chi connectivity index (χ1v) is 5.15. The zero-order valence-corrected chi connectivity index (χ0v) is 9.55. The van der Waals surface area contributed by atoms with Gasteiger partial charge in [-0.25, -0.2) is 4.39 Å². The number of halogens is 1. The Labute approximate surface area is 90.7 Å². The van der Waals surface area contributed by atoms with Crippen LogP contribution in [-0.2, 0) is 0 Å². The van der Waals surface area contributed by atoms with Gasteiger partial charge in [-0.2, -0.15) is 0 Å². The number of hydrogen-bond acceptors (Lipinski definition) is 2. The van der Waals surface area contributed by atoms with Crippen molar-refractivity contribution < 1.29 is 4.39 Å². The van der Waals surface area contributed by atoms with Gasteiger partial charge in [-0.05, 0) is 23.6 Å². The zero-order valence-electron chi connectivity index (χ0n) is 9.55. The van der Waals surface area contributed by atoms with Gasteiger partial charge in [0.1, 0.15) is 5.82 Å². The van der Waals surface area contributed by atoms with Crippen LogP contribution in [0.25, 0.3) is 0 Å². The fourth-order valence-corrected chi connectivity index (χ4v) is 1.41. The maximum atomic E-state index is 12.9. The molecule has 1 aromatic carbocycles. The van der Waals surface area contributed by atoms with Gasteiger partial charge in [0, 0.05) is 18.3 Å². The third-order valence-electron chi connectivity index (χ3n) is 2.45. The lowest BCUT2D eigenvalue weighted by Crippen LogP contribution is -2.40. The first kappa shape index (κ1) is 12.0. The highest BCUT2D eigenvalue weighted by atomic mass is 19.1. The number of hydrogen-bond donors (Lipinski definition) is 2. The molecule has 3 heteroatoms. The average Bonchev–Trinajstić information content (AvgIpc) is 2.12. The summed E-state index contributed by atoms with van der Waals surface area (Å²) in [4.78, 5) is 0. The van der Waals surface area contributed by atoms with Gasteiger partial charge in [-0.1, -0.05) is 26.8 Å². The highest BCUT2D eigenvalue weighted by Crippen LogP contribution is 2.22. The summed E-state index contributed by atoms with van der Waals surface area (Å²) in [6.45, 7) is 6.85. The molecule has 0 aliphatic rings. The van der Waals surface area contributed by atoms with E-state index in [4.69, 9.17) is 5.73 Å². The Kier molecular flexibility index (Phi) is 3.69. The van der Waals surface area contributed by atoms with E-state index >= 15 is 0 Å². The third kappa shape index (κ3) is 3.51. The number of nitrogens with one attached hydrogen (secondary N) is 1. The second-order valence-electron chi connectivity index (χ2n) is 4.81. The van der Waals surface area contributed by atoms with Crippen molar-refractivity contribution >= 4 is 5.69 Å². The van der Waals surface area contributed by atoms with Gasteiger partial charge in [0.05, 0.1) is 0 Å². The normalized spacial score (nSPS) is 13.7. The molecule has 0 amide bonds. The highest BCUT2D eigenvalue weighted by molar-refractivity contribution is 5.44. The van der Waals surface area contributed by atoms with Crippen LogP contribution in [0, 0.1) is 11.2 Å². The van der Waals surface area contributed by atoms with E-state index in [-0.39, 0.29) is 17.3 Å². The lowest BCUT2D eigenvalue weighted by molar-refractivity contribution is 0.346. The molecular weight excluding hydrogens is 191 g/mol. The van der Waals surface area contributed by atoms with Crippen molar-refractivity contribution in [1.82, 2.24) is 0 Å². The van der Waals surface area contributed by atoms with E-state index in [9.17, 15) is 4.39 Å². The predicted molar refractivity (Wildman–Crippen MR) is 62.3 cm³/mol. The Hall–Kier alpha value is -1.09. The highest BCUT2D eigenvalue weighted by Gasteiger charge is 2.22. The van der Waals surface area contributed by atoms with Crippen LogP contribution in [0.5, 0.6) is 0 Å². The molecule has 1 rings (SSSR count). The Morgan fingerprint density at radius 3 is 2.53 bits per heavy atom. The number of rotatable bonds is 3. The molecule has 0 aromatic heterocycles. The van der Waals surface area contributed by atoms with Gasteiger partial charge in [0.15, 0.2) is 0 Å². The summed E-state index contributed by atoms with van der Waals surface area (Å²) in [5, 5.41) is 3.24. The van der Waals surface area contributed by atoms with Gasteiger partial charge in [0.2, 0.25) is 0 Å². The molecule has 0 fully saturated rings. The summed E-state index contributed by atoms with van der Waals surface area (Å²) in [6.07, 6.45) is 0. The minimum Gasteiger partial charge on any atom is -0.380 e. The van der Waals surface area contributed by atoms with E-state index in [0.717, 1.165) is 5.69 Å². The molecule has 0 aliphatic heterocycles. The van der Waals surface area contributed by atoms with Crippen LogP contribution in [-0.4, -0.2) is 12.6 Å². The molecule has 2 nitrogen and oxygen atoms in total. The molecule has 3 N–H and O–H groups in total. The van der Waals surface area contributed by atoms with Crippen molar-refractivity contribution in [2.24, 2.45) is 11.1 Å². The number of benzene rings is 1. The quantitative estimate of drug-likeness (QED) is 0.804. The second-order valence-corrected chi connectivity index (χ2v) is 4.81. The molecule has 15 heavy (non-hydrogen) atoms. The van der Waals surface area contributed by atoms with Crippen molar-refractivity contribution in [3.63, 3.8) is 0 Å². The van der Waals surface area contributed by atoms with Crippen LogP contribution >= 0.6 is 0 Å². The fraction of sp³-hybridized carbons (Fsp3) is 0.500. The van der Waals surface area contributed by atoms with Crippen LogP contribution in [0.2, 0.25) is 0 Å². The van der Waals surface area contributed by atoms with Crippen molar-refractivity contribution in [2.45, 2.75) is 26.8 Å². The summed E-state index contributed by atoms with van der Waals surface area (Å²) in [6, 6.07) is 6.58. The zero-order chi connectivity index (χ0) is 11.5. The van der Waals surface area contributed by atoms with Crippen LogP contribution in [0.4, 0.5) is 10.1 Å². The van der Waals surface area contributed by atoms with Gasteiger partial charge >= 0.3 is 0 Å². The molecule has 1 unspecified atom stereocenters. The van der Waals surface area contributed by atoms with E-state index in [2.05, 4.69) is 26.1 Å². The van der Waals surface area contributed by atoms with Crippen molar-refractivity contribution in [1.29, 1.82) is 0 Å². The van der Waals surface area contributed by atoms with Gasteiger partial charge < -0.3 is 11.1 Å². The molecule has 84 valence electrons. The summed E-state index contributed by atoms with van der Waals surface area (Å²) in [5.74, 6) is -0.232. The van der Waals surface area contributed by atoms with Crippen LogP contribution in [0.3, 0.4) is 0 Å². The molecular formula is C12H19FN2. The van der Waals surface area contributed by atoms with Crippen LogP contribution in [0.15, 0.2) is 24.3 Å². The van der Waals surface area contributed by atoms with Crippen molar-refractivity contribution in [2.75, 3.05) is 11.9 Å². The van der Waals surface area contributed by atoms with E-state index in [1.165, 1.54) is 12.1 Å². The van der Waals surface area contributed by atoms with Gasteiger partial charge in [0.25, 0.3) is 0 Å².